The largest absolute Gasteiger partial charge is 0.371 e. The Kier molecular flexibility index (Phi) is 4.84. The van der Waals surface area contributed by atoms with E-state index in [4.69, 9.17) is 0 Å². The maximum absolute atomic E-state index is 12.6. The number of rotatable bonds is 5. The molecule has 3 aromatic rings. The number of nitrogens with one attached hydrogen (secondary N) is 1. The van der Waals surface area contributed by atoms with Gasteiger partial charge in [0, 0.05) is 25.0 Å². The average molecular weight is 441 g/mol. The van der Waals surface area contributed by atoms with E-state index in [1.54, 1.807) is 12.1 Å². The fraction of sp³-hybridized carbons (Fsp3) is 0.333. The van der Waals surface area contributed by atoms with Crippen LogP contribution in [0.4, 0.5) is 5.69 Å². The summed E-state index contributed by atoms with van der Waals surface area (Å²) in [5.74, 6) is -0.309. The van der Waals surface area contributed by atoms with Gasteiger partial charge in [0.05, 0.1) is 28.0 Å². The standard InChI is InChI=1S/C27H28N4O2/c32-25-20-9-1-2-10-21(20)26(33)31(25)17-6-5-15-29-16-8-14-27(19-29)24-13-7-18-30(24)23-12-4-3-11-22(23)28-27/h1-4,7,9-13,18,28H,5-6,8,14-17,19H2. The molecular formula is C27H28N4O2. The van der Waals surface area contributed by atoms with Gasteiger partial charge in [-0.3, -0.25) is 14.5 Å². The molecule has 6 heteroatoms. The Morgan fingerprint density at radius 1 is 0.848 bits per heavy atom. The van der Waals surface area contributed by atoms with Crippen molar-refractivity contribution in [1.29, 1.82) is 0 Å². The van der Waals surface area contributed by atoms with Crippen molar-refractivity contribution < 1.29 is 9.59 Å². The van der Waals surface area contributed by atoms with Crippen LogP contribution in [0.2, 0.25) is 0 Å². The predicted molar refractivity (Wildman–Crippen MR) is 128 cm³/mol. The van der Waals surface area contributed by atoms with Crippen molar-refractivity contribution >= 4 is 17.5 Å². The number of likely N-dealkylation sites (tertiary alicyclic amines) is 1. The van der Waals surface area contributed by atoms with Crippen molar-refractivity contribution in [2.24, 2.45) is 0 Å². The lowest BCUT2D eigenvalue weighted by Gasteiger charge is -2.47. The van der Waals surface area contributed by atoms with E-state index in [-0.39, 0.29) is 17.4 Å². The summed E-state index contributed by atoms with van der Waals surface area (Å²) in [5, 5.41) is 3.88. The predicted octanol–water partition coefficient (Wildman–Crippen LogP) is 4.27. The van der Waals surface area contributed by atoms with Gasteiger partial charge in [0.15, 0.2) is 0 Å². The van der Waals surface area contributed by atoms with E-state index in [0.29, 0.717) is 17.7 Å². The van der Waals surface area contributed by atoms with Gasteiger partial charge < -0.3 is 14.8 Å². The highest BCUT2D eigenvalue weighted by molar-refractivity contribution is 6.21. The number of piperidine rings is 1. The lowest BCUT2D eigenvalue weighted by Crippen LogP contribution is -2.53. The van der Waals surface area contributed by atoms with E-state index >= 15 is 0 Å². The number of hydrogen-bond acceptors (Lipinski definition) is 4. The van der Waals surface area contributed by atoms with Gasteiger partial charge >= 0.3 is 0 Å². The number of hydrogen-bond donors (Lipinski definition) is 1. The summed E-state index contributed by atoms with van der Waals surface area (Å²) in [6.07, 6.45) is 6.19. The summed E-state index contributed by atoms with van der Waals surface area (Å²) >= 11 is 0. The molecule has 2 amide bonds. The molecule has 2 aromatic carbocycles. The van der Waals surface area contributed by atoms with Crippen LogP contribution in [0.3, 0.4) is 0 Å². The highest BCUT2D eigenvalue weighted by atomic mass is 16.2. The van der Waals surface area contributed by atoms with E-state index in [1.165, 1.54) is 22.0 Å². The zero-order chi connectivity index (χ0) is 22.4. The molecule has 0 aliphatic carbocycles. The summed E-state index contributed by atoms with van der Waals surface area (Å²) in [6, 6.07) is 20.0. The van der Waals surface area contributed by atoms with Crippen LogP contribution in [0.5, 0.6) is 0 Å². The van der Waals surface area contributed by atoms with Crippen molar-refractivity contribution in [1.82, 2.24) is 14.4 Å². The number of carbonyl (C=O) groups excluding carboxylic acids is 2. The number of para-hydroxylation sites is 2. The molecule has 3 aliphatic rings. The molecule has 0 bridgehead atoms. The van der Waals surface area contributed by atoms with Crippen LogP contribution in [0.25, 0.3) is 5.69 Å². The minimum Gasteiger partial charge on any atom is -0.371 e. The number of amides is 2. The summed E-state index contributed by atoms with van der Waals surface area (Å²) < 4.78 is 2.33. The number of aromatic nitrogens is 1. The van der Waals surface area contributed by atoms with Gasteiger partial charge in [-0.25, -0.2) is 0 Å². The molecular weight excluding hydrogens is 412 g/mol. The fourth-order valence-electron chi connectivity index (χ4n) is 5.79. The van der Waals surface area contributed by atoms with Crippen LogP contribution < -0.4 is 5.32 Å². The number of unbranched alkanes of at least 4 members (excludes halogenated alkanes) is 1. The second kappa shape index (κ2) is 7.89. The van der Waals surface area contributed by atoms with Gasteiger partial charge in [-0.15, -0.1) is 0 Å². The van der Waals surface area contributed by atoms with Crippen LogP contribution in [-0.4, -0.2) is 52.4 Å². The van der Waals surface area contributed by atoms with Gasteiger partial charge in [-0.2, -0.15) is 0 Å². The Bertz CT molecular complexity index is 1200. The highest BCUT2D eigenvalue weighted by Gasteiger charge is 2.42. The summed E-state index contributed by atoms with van der Waals surface area (Å²) in [5.41, 5.74) is 4.71. The molecule has 0 radical (unpaired) electrons. The molecule has 1 spiro atoms. The van der Waals surface area contributed by atoms with Crippen molar-refractivity contribution in [2.75, 3.05) is 31.5 Å². The number of fused-ring (bicyclic) bond motifs is 5. The molecule has 1 aromatic heterocycles. The smallest absolute Gasteiger partial charge is 0.261 e. The second-order valence-electron chi connectivity index (χ2n) is 9.38. The fourth-order valence-corrected chi connectivity index (χ4v) is 5.79. The van der Waals surface area contributed by atoms with Crippen molar-refractivity contribution in [3.8, 4) is 5.69 Å². The third-order valence-electron chi connectivity index (χ3n) is 7.33. The molecule has 1 saturated heterocycles. The highest BCUT2D eigenvalue weighted by Crippen LogP contribution is 2.42. The van der Waals surface area contributed by atoms with Crippen molar-refractivity contribution in [3.63, 3.8) is 0 Å². The number of nitrogens with zero attached hydrogens (tertiary/aromatic N) is 3. The summed E-state index contributed by atoms with van der Waals surface area (Å²) in [6.45, 7) is 3.49. The minimum atomic E-state index is -0.154. The van der Waals surface area contributed by atoms with E-state index in [2.05, 4.69) is 57.4 Å². The normalized spacial score (nSPS) is 21.6. The third kappa shape index (κ3) is 3.28. The summed E-state index contributed by atoms with van der Waals surface area (Å²) in [7, 11) is 0. The Hall–Kier alpha value is -3.38. The van der Waals surface area contributed by atoms with Crippen molar-refractivity contribution in [2.45, 2.75) is 31.2 Å². The van der Waals surface area contributed by atoms with E-state index in [9.17, 15) is 9.59 Å². The SMILES string of the molecule is O=C1c2ccccc2C(=O)N1CCCCN1CCCC2(C1)Nc1ccccc1-n1cccc12. The topological polar surface area (TPSA) is 57.6 Å². The first kappa shape index (κ1) is 20.2. The molecule has 168 valence electrons. The molecule has 6 rings (SSSR count). The summed E-state index contributed by atoms with van der Waals surface area (Å²) in [4.78, 5) is 29.1. The van der Waals surface area contributed by atoms with Crippen LogP contribution in [0.15, 0.2) is 66.9 Å². The molecule has 33 heavy (non-hydrogen) atoms. The number of imide groups is 1. The quantitative estimate of drug-likeness (QED) is 0.476. The number of anilines is 1. The van der Waals surface area contributed by atoms with Gasteiger partial charge in [0.1, 0.15) is 0 Å². The van der Waals surface area contributed by atoms with Crippen LogP contribution in [-0.2, 0) is 5.54 Å². The molecule has 1 atom stereocenters. The van der Waals surface area contributed by atoms with Crippen LogP contribution in [0, 0.1) is 0 Å². The average Bonchev–Trinajstić information content (AvgIpc) is 3.43. The maximum Gasteiger partial charge on any atom is 0.261 e. The first-order valence-electron chi connectivity index (χ1n) is 11.9. The van der Waals surface area contributed by atoms with Gasteiger partial charge in [-0.05, 0) is 75.2 Å². The van der Waals surface area contributed by atoms with Gasteiger partial charge in [-0.1, -0.05) is 24.3 Å². The van der Waals surface area contributed by atoms with Crippen LogP contribution >= 0.6 is 0 Å². The first-order valence-corrected chi connectivity index (χ1v) is 11.9. The van der Waals surface area contributed by atoms with Crippen LogP contribution in [0.1, 0.15) is 52.1 Å². The second-order valence-corrected chi connectivity index (χ2v) is 9.38. The molecule has 1 unspecified atom stereocenters. The van der Waals surface area contributed by atoms with E-state index < -0.39 is 0 Å². The van der Waals surface area contributed by atoms with Crippen molar-refractivity contribution in [3.05, 3.63) is 83.7 Å². The molecule has 4 heterocycles. The molecule has 3 aliphatic heterocycles. The van der Waals surface area contributed by atoms with E-state index in [0.717, 1.165) is 45.3 Å². The molecule has 1 fully saturated rings. The minimum absolute atomic E-state index is 0.0847. The molecule has 6 nitrogen and oxygen atoms in total. The zero-order valence-electron chi connectivity index (χ0n) is 18.7. The third-order valence-corrected chi connectivity index (χ3v) is 7.33. The lowest BCUT2D eigenvalue weighted by atomic mass is 9.83. The molecule has 0 saturated carbocycles. The van der Waals surface area contributed by atoms with Gasteiger partial charge in [0.2, 0.25) is 0 Å². The van der Waals surface area contributed by atoms with E-state index in [1.807, 2.05) is 12.1 Å². The Labute approximate surface area is 193 Å². The first-order chi connectivity index (χ1) is 16.2. The monoisotopic (exact) mass is 440 g/mol. The lowest BCUT2D eigenvalue weighted by molar-refractivity contribution is 0.0649. The Morgan fingerprint density at radius 3 is 2.39 bits per heavy atom. The Balaban J connectivity index is 1.10. The molecule has 1 N–H and O–H groups in total. The van der Waals surface area contributed by atoms with Gasteiger partial charge in [0.25, 0.3) is 11.8 Å². The number of carbonyl (C=O) groups is 2. The Morgan fingerprint density at radius 2 is 1.58 bits per heavy atom. The number of benzene rings is 2. The maximum atomic E-state index is 12.6. The zero-order valence-corrected chi connectivity index (χ0v) is 18.7.